The quantitative estimate of drug-likeness (QED) is 0.727. The van der Waals surface area contributed by atoms with Crippen LogP contribution in [0.5, 0.6) is 0 Å². The van der Waals surface area contributed by atoms with Crippen LogP contribution in [0.4, 0.5) is 0 Å². The van der Waals surface area contributed by atoms with Crippen LogP contribution in [0.3, 0.4) is 0 Å². The number of aryl methyl sites for hydroxylation is 1. The molecule has 0 saturated carbocycles. The van der Waals surface area contributed by atoms with Crippen LogP contribution in [0.15, 0.2) is 48.5 Å². The van der Waals surface area contributed by atoms with Gasteiger partial charge >= 0.3 is 0 Å². The Hall–Kier alpha value is -3.15. The first kappa shape index (κ1) is 23.5. The number of benzene rings is 2. The molecule has 170 valence electrons. The Morgan fingerprint density at radius 3 is 2.12 bits per heavy atom. The molecule has 1 heterocycles. The predicted molar refractivity (Wildman–Crippen MR) is 125 cm³/mol. The Morgan fingerprint density at radius 2 is 1.53 bits per heavy atom. The molecule has 1 fully saturated rings. The summed E-state index contributed by atoms with van der Waals surface area (Å²) >= 11 is 0. The molecule has 2 aromatic rings. The molecule has 3 rings (SSSR count). The van der Waals surface area contributed by atoms with Crippen molar-refractivity contribution in [2.24, 2.45) is 0 Å². The number of piperazine rings is 1. The van der Waals surface area contributed by atoms with Gasteiger partial charge in [0, 0.05) is 45.1 Å². The minimum Gasteiger partial charge on any atom is -0.344 e. The van der Waals surface area contributed by atoms with Gasteiger partial charge in [-0.15, -0.1) is 0 Å². The van der Waals surface area contributed by atoms with E-state index < -0.39 is 6.04 Å². The number of carbonyl (C=O) groups is 3. The van der Waals surface area contributed by atoms with Crippen molar-refractivity contribution in [1.82, 2.24) is 15.1 Å². The van der Waals surface area contributed by atoms with Gasteiger partial charge in [0.05, 0.1) is 0 Å². The van der Waals surface area contributed by atoms with E-state index in [1.807, 2.05) is 47.4 Å². The number of nitrogens with one attached hydrogen (secondary N) is 1. The lowest BCUT2D eigenvalue weighted by Gasteiger charge is -2.37. The van der Waals surface area contributed by atoms with Crippen LogP contribution in [-0.4, -0.2) is 59.7 Å². The predicted octanol–water partition coefficient (Wildman–Crippen LogP) is 2.84. The summed E-state index contributed by atoms with van der Waals surface area (Å²) in [4.78, 5) is 41.7. The zero-order chi connectivity index (χ0) is 23.1. The summed E-state index contributed by atoms with van der Waals surface area (Å²) in [7, 11) is 0. The second-order valence-electron chi connectivity index (χ2n) is 8.21. The highest BCUT2D eigenvalue weighted by molar-refractivity contribution is 5.96. The lowest BCUT2D eigenvalue weighted by molar-refractivity contribution is -0.137. The van der Waals surface area contributed by atoms with Crippen molar-refractivity contribution >= 4 is 17.7 Å². The molecular formula is C26H33N3O3. The summed E-state index contributed by atoms with van der Waals surface area (Å²) in [6.07, 6.45) is 2.17. The monoisotopic (exact) mass is 435 g/mol. The van der Waals surface area contributed by atoms with Gasteiger partial charge in [-0.25, -0.2) is 0 Å². The van der Waals surface area contributed by atoms with Crippen LogP contribution >= 0.6 is 0 Å². The van der Waals surface area contributed by atoms with Gasteiger partial charge in [-0.2, -0.15) is 0 Å². The second kappa shape index (κ2) is 10.9. The molecule has 32 heavy (non-hydrogen) atoms. The molecular weight excluding hydrogens is 402 g/mol. The molecule has 0 aliphatic carbocycles. The number of hydrogen-bond acceptors (Lipinski definition) is 3. The Kier molecular flexibility index (Phi) is 8.03. The van der Waals surface area contributed by atoms with E-state index in [1.54, 1.807) is 4.90 Å². The van der Waals surface area contributed by atoms with Gasteiger partial charge in [-0.1, -0.05) is 56.3 Å². The topological polar surface area (TPSA) is 69.7 Å². The van der Waals surface area contributed by atoms with Crippen LogP contribution in [-0.2, 0) is 28.9 Å². The third kappa shape index (κ3) is 5.55. The molecule has 1 aliphatic rings. The minimum absolute atomic E-state index is 0.0342. The van der Waals surface area contributed by atoms with Gasteiger partial charge in [-0.05, 0) is 35.6 Å². The van der Waals surface area contributed by atoms with Crippen LogP contribution in [0, 0.1) is 0 Å². The van der Waals surface area contributed by atoms with Crippen LogP contribution in [0.2, 0.25) is 0 Å². The summed E-state index contributed by atoms with van der Waals surface area (Å²) in [5, 5.41) is 2.80. The normalized spacial score (nSPS) is 14.7. The smallest absolute Gasteiger partial charge is 0.254 e. The highest BCUT2D eigenvalue weighted by atomic mass is 16.2. The molecule has 0 bridgehead atoms. The number of nitrogens with zero attached hydrogens (tertiary/aromatic N) is 2. The summed E-state index contributed by atoms with van der Waals surface area (Å²) in [5.74, 6) is -0.290. The highest BCUT2D eigenvalue weighted by Crippen LogP contribution is 2.19. The first-order valence-electron chi connectivity index (χ1n) is 11.4. The number of rotatable bonds is 7. The number of carbonyl (C=O) groups excluding carboxylic acids is 3. The van der Waals surface area contributed by atoms with E-state index in [9.17, 15) is 14.4 Å². The lowest BCUT2D eigenvalue weighted by atomic mass is 9.96. The van der Waals surface area contributed by atoms with Gasteiger partial charge in [0.1, 0.15) is 6.04 Å². The summed E-state index contributed by atoms with van der Waals surface area (Å²) in [6, 6.07) is 15.0. The largest absolute Gasteiger partial charge is 0.344 e. The maximum atomic E-state index is 13.2. The van der Waals surface area contributed by atoms with Gasteiger partial charge in [0.2, 0.25) is 11.8 Å². The fourth-order valence-electron chi connectivity index (χ4n) is 4.40. The molecule has 0 aromatic heterocycles. The fraction of sp³-hybridized carbons (Fsp3) is 0.423. The van der Waals surface area contributed by atoms with E-state index in [2.05, 4.69) is 25.2 Å². The molecule has 1 atom stereocenters. The van der Waals surface area contributed by atoms with E-state index >= 15 is 0 Å². The zero-order valence-corrected chi connectivity index (χ0v) is 19.3. The average molecular weight is 436 g/mol. The van der Waals surface area contributed by atoms with Crippen molar-refractivity contribution in [3.8, 4) is 0 Å². The van der Waals surface area contributed by atoms with Crippen LogP contribution < -0.4 is 5.32 Å². The van der Waals surface area contributed by atoms with Crippen molar-refractivity contribution < 1.29 is 14.4 Å². The molecule has 0 radical (unpaired) electrons. The standard InChI is InChI=1S/C26H33N3O3/c1-4-21-12-9-13-23(22(21)5-2)25(31)28-14-16-29(17-15-28)26(32)24(27-19(3)30)18-20-10-7-6-8-11-20/h6-13,24H,4-5,14-18H2,1-3H3,(H,27,30). The Labute approximate surface area is 190 Å². The fourth-order valence-corrected chi connectivity index (χ4v) is 4.40. The van der Waals surface area contributed by atoms with Crippen molar-refractivity contribution in [1.29, 1.82) is 0 Å². The van der Waals surface area contributed by atoms with Gasteiger partial charge in [-0.3, -0.25) is 14.4 Å². The third-order valence-electron chi connectivity index (χ3n) is 6.07. The summed E-state index contributed by atoms with van der Waals surface area (Å²) in [5.41, 5.74) is 4.10. The lowest BCUT2D eigenvalue weighted by Crippen LogP contribution is -2.56. The van der Waals surface area contributed by atoms with Gasteiger partial charge in [0.25, 0.3) is 5.91 Å². The van der Waals surface area contributed by atoms with Crippen molar-refractivity contribution in [2.45, 2.75) is 46.1 Å². The molecule has 1 aliphatic heterocycles. The number of hydrogen-bond donors (Lipinski definition) is 1. The molecule has 1 unspecified atom stereocenters. The van der Waals surface area contributed by atoms with E-state index in [0.29, 0.717) is 32.6 Å². The maximum Gasteiger partial charge on any atom is 0.254 e. The molecule has 6 nitrogen and oxygen atoms in total. The van der Waals surface area contributed by atoms with E-state index in [1.165, 1.54) is 12.5 Å². The van der Waals surface area contributed by atoms with Crippen molar-refractivity contribution in [3.63, 3.8) is 0 Å². The summed E-state index contributed by atoms with van der Waals surface area (Å²) < 4.78 is 0. The van der Waals surface area contributed by atoms with E-state index in [4.69, 9.17) is 0 Å². The van der Waals surface area contributed by atoms with E-state index in [0.717, 1.165) is 29.5 Å². The SMILES string of the molecule is CCc1cccc(C(=O)N2CCN(C(=O)C(Cc3ccccc3)NC(C)=O)CC2)c1CC. The van der Waals surface area contributed by atoms with Crippen LogP contribution in [0.25, 0.3) is 0 Å². The first-order chi connectivity index (χ1) is 15.4. The second-order valence-corrected chi connectivity index (χ2v) is 8.21. The van der Waals surface area contributed by atoms with Crippen molar-refractivity contribution in [3.05, 3.63) is 70.8 Å². The molecule has 3 amide bonds. The third-order valence-corrected chi connectivity index (χ3v) is 6.07. The highest BCUT2D eigenvalue weighted by Gasteiger charge is 2.30. The number of amides is 3. The van der Waals surface area contributed by atoms with Crippen LogP contribution in [0.1, 0.15) is 47.8 Å². The molecule has 1 saturated heterocycles. The molecule has 2 aromatic carbocycles. The maximum absolute atomic E-state index is 13.2. The van der Waals surface area contributed by atoms with Gasteiger partial charge < -0.3 is 15.1 Å². The Bertz CT molecular complexity index is 950. The molecule has 6 heteroatoms. The van der Waals surface area contributed by atoms with Crippen molar-refractivity contribution in [2.75, 3.05) is 26.2 Å². The average Bonchev–Trinajstić information content (AvgIpc) is 2.82. The molecule has 0 spiro atoms. The van der Waals surface area contributed by atoms with Gasteiger partial charge in [0.15, 0.2) is 0 Å². The van der Waals surface area contributed by atoms with E-state index in [-0.39, 0.29) is 17.7 Å². The Balaban J connectivity index is 1.66. The summed E-state index contributed by atoms with van der Waals surface area (Å²) in [6.45, 7) is 7.52. The Morgan fingerprint density at radius 1 is 0.875 bits per heavy atom. The molecule has 1 N–H and O–H groups in total. The zero-order valence-electron chi connectivity index (χ0n) is 19.3. The first-order valence-corrected chi connectivity index (χ1v) is 11.4. The minimum atomic E-state index is -0.606.